The first-order valence-electron chi connectivity index (χ1n) is 11.5. The highest BCUT2D eigenvalue weighted by atomic mass is 16.5. The molecule has 1 aromatic carbocycles. The van der Waals surface area contributed by atoms with E-state index in [2.05, 4.69) is 15.6 Å². The Bertz CT molecular complexity index is 1090. The summed E-state index contributed by atoms with van der Waals surface area (Å²) < 4.78 is 7.12. The van der Waals surface area contributed by atoms with Crippen molar-refractivity contribution in [2.45, 2.75) is 51.6 Å². The molecule has 3 unspecified atom stereocenters. The maximum absolute atomic E-state index is 13.4. The predicted octanol–water partition coefficient (Wildman–Crippen LogP) is 3.68. The zero-order chi connectivity index (χ0) is 23.5. The zero-order valence-electron chi connectivity index (χ0n) is 19.6. The molecule has 1 aliphatic heterocycles. The number of nitrogens with one attached hydrogen (secondary N) is 1. The molecule has 0 spiro atoms. The van der Waals surface area contributed by atoms with Crippen LogP contribution in [0.25, 0.3) is 11.3 Å². The van der Waals surface area contributed by atoms with Crippen LogP contribution in [0.2, 0.25) is 0 Å². The first kappa shape index (κ1) is 22.8. The summed E-state index contributed by atoms with van der Waals surface area (Å²) in [6, 6.07) is 11.1. The molecule has 3 aromatic rings. The number of aromatic nitrogens is 3. The van der Waals surface area contributed by atoms with Crippen LogP contribution >= 0.6 is 0 Å². The molecule has 8 nitrogen and oxygen atoms in total. The summed E-state index contributed by atoms with van der Waals surface area (Å²) in [7, 11) is 1.91. The van der Waals surface area contributed by atoms with Crippen LogP contribution < -0.4 is 5.32 Å². The Morgan fingerprint density at radius 2 is 1.85 bits per heavy atom. The van der Waals surface area contributed by atoms with Gasteiger partial charge in [0.25, 0.3) is 0 Å². The standard InChI is InChI=1S/C25H31N5O3/c1-16(2)23(22-12-14-27-33-22)25(32)30-15-5-6-21(30)24(31)28-17(3)18-7-9-19(10-8-18)20-11-13-26-29(20)4/h7-14,16-17,21,23H,5-6,15H2,1-4H3,(H,28,31). The van der Waals surface area contributed by atoms with Crippen molar-refractivity contribution in [1.29, 1.82) is 0 Å². The van der Waals surface area contributed by atoms with Crippen LogP contribution in [0.5, 0.6) is 0 Å². The summed E-state index contributed by atoms with van der Waals surface area (Å²) in [5.41, 5.74) is 3.11. The fourth-order valence-electron chi connectivity index (χ4n) is 4.60. The molecule has 0 aliphatic carbocycles. The molecular formula is C25H31N5O3. The lowest BCUT2D eigenvalue weighted by molar-refractivity contribution is -0.141. The lowest BCUT2D eigenvalue weighted by Crippen LogP contribution is -2.48. The lowest BCUT2D eigenvalue weighted by atomic mass is 9.91. The normalized spacial score (nSPS) is 17.8. The minimum absolute atomic E-state index is 0.0339. The highest BCUT2D eigenvalue weighted by molar-refractivity contribution is 5.91. The van der Waals surface area contributed by atoms with Crippen molar-refractivity contribution in [1.82, 2.24) is 25.2 Å². The van der Waals surface area contributed by atoms with Gasteiger partial charge in [-0.25, -0.2) is 0 Å². The average Bonchev–Trinajstić information content (AvgIpc) is 3.55. The Morgan fingerprint density at radius 3 is 2.45 bits per heavy atom. The third kappa shape index (κ3) is 4.69. The van der Waals surface area contributed by atoms with Crippen LogP contribution in [0.3, 0.4) is 0 Å². The van der Waals surface area contributed by atoms with Crippen LogP contribution in [0.4, 0.5) is 0 Å². The van der Waals surface area contributed by atoms with Crippen LogP contribution in [0, 0.1) is 5.92 Å². The summed E-state index contributed by atoms with van der Waals surface area (Å²) in [6.45, 7) is 6.49. The Morgan fingerprint density at radius 1 is 1.09 bits per heavy atom. The topological polar surface area (TPSA) is 93.3 Å². The van der Waals surface area contributed by atoms with Gasteiger partial charge in [0.2, 0.25) is 11.8 Å². The van der Waals surface area contributed by atoms with Crippen molar-refractivity contribution in [3.05, 3.63) is 60.1 Å². The van der Waals surface area contributed by atoms with E-state index in [1.807, 2.05) is 62.8 Å². The van der Waals surface area contributed by atoms with Crippen molar-refractivity contribution < 1.29 is 14.1 Å². The Balaban J connectivity index is 1.44. The molecule has 1 aliphatic rings. The van der Waals surface area contributed by atoms with Crippen LogP contribution in [-0.4, -0.2) is 44.2 Å². The maximum Gasteiger partial charge on any atom is 0.243 e. The van der Waals surface area contributed by atoms with Gasteiger partial charge < -0.3 is 14.7 Å². The molecule has 1 N–H and O–H groups in total. The monoisotopic (exact) mass is 449 g/mol. The van der Waals surface area contributed by atoms with Gasteiger partial charge in [-0.15, -0.1) is 0 Å². The van der Waals surface area contributed by atoms with E-state index >= 15 is 0 Å². The number of nitrogens with zero attached hydrogens (tertiary/aromatic N) is 4. The second-order valence-corrected chi connectivity index (χ2v) is 9.02. The Kier molecular flexibility index (Phi) is 6.62. The number of amides is 2. The van der Waals surface area contributed by atoms with Gasteiger partial charge in [0.1, 0.15) is 17.7 Å². The third-order valence-electron chi connectivity index (χ3n) is 6.42. The number of benzene rings is 1. The van der Waals surface area contributed by atoms with E-state index in [1.54, 1.807) is 23.4 Å². The Hall–Kier alpha value is -3.42. The van der Waals surface area contributed by atoms with Gasteiger partial charge in [0.15, 0.2) is 0 Å². The first-order valence-corrected chi connectivity index (χ1v) is 11.5. The first-order chi connectivity index (χ1) is 15.9. The van der Waals surface area contributed by atoms with Gasteiger partial charge in [-0.3, -0.25) is 14.3 Å². The summed E-state index contributed by atoms with van der Waals surface area (Å²) >= 11 is 0. The van der Waals surface area contributed by atoms with E-state index < -0.39 is 12.0 Å². The fourth-order valence-corrected chi connectivity index (χ4v) is 4.60. The number of rotatable bonds is 7. The number of carbonyl (C=O) groups is 2. The van der Waals surface area contributed by atoms with E-state index in [0.717, 1.165) is 23.2 Å². The molecule has 33 heavy (non-hydrogen) atoms. The summed E-state index contributed by atoms with van der Waals surface area (Å²) in [6.07, 6.45) is 4.78. The predicted molar refractivity (Wildman–Crippen MR) is 124 cm³/mol. The smallest absolute Gasteiger partial charge is 0.243 e. The molecule has 1 fully saturated rings. The molecule has 8 heteroatoms. The number of hydrogen-bond acceptors (Lipinski definition) is 5. The van der Waals surface area contributed by atoms with Crippen LogP contribution in [-0.2, 0) is 16.6 Å². The summed E-state index contributed by atoms with van der Waals surface area (Å²) in [5.74, 6) is -0.0656. The molecule has 0 radical (unpaired) electrons. The summed E-state index contributed by atoms with van der Waals surface area (Å²) in [4.78, 5) is 28.3. The second-order valence-electron chi connectivity index (χ2n) is 9.02. The molecule has 4 rings (SSSR count). The van der Waals surface area contributed by atoms with Gasteiger partial charge in [0, 0.05) is 25.9 Å². The van der Waals surface area contributed by atoms with Crippen molar-refractivity contribution >= 4 is 11.8 Å². The summed E-state index contributed by atoms with van der Waals surface area (Å²) in [5, 5.41) is 11.1. The number of aryl methyl sites for hydroxylation is 1. The highest BCUT2D eigenvalue weighted by Gasteiger charge is 2.40. The Labute approximate surface area is 193 Å². The SMILES string of the molecule is CC(NC(=O)C1CCCN1C(=O)C(c1ccno1)C(C)C)c1ccc(-c2ccnn2C)cc1. The van der Waals surface area contributed by atoms with Crippen LogP contribution in [0.15, 0.2) is 53.3 Å². The molecular weight excluding hydrogens is 418 g/mol. The minimum atomic E-state index is -0.474. The molecule has 174 valence electrons. The number of carbonyl (C=O) groups excluding carboxylic acids is 2. The van der Waals surface area contributed by atoms with E-state index in [4.69, 9.17) is 4.52 Å². The lowest BCUT2D eigenvalue weighted by Gasteiger charge is -2.29. The van der Waals surface area contributed by atoms with Crippen molar-refractivity contribution in [2.24, 2.45) is 13.0 Å². The molecule has 2 amide bonds. The number of hydrogen-bond donors (Lipinski definition) is 1. The van der Waals surface area contributed by atoms with Gasteiger partial charge in [-0.05, 0) is 42.9 Å². The fraction of sp³-hybridized carbons (Fsp3) is 0.440. The van der Waals surface area contributed by atoms with Gasteiger partial charge in [-0.1, -0.05) is 43.3 Å². The zero-order valence-corrected chi connectivity index (χ0v) is 19.6. The quantitative estimate of drug-likeness (QED) is 0.594. The maximum atomic E-state index is 13.4. The van der Waals surface area contributed by atoms with E-state index in [1.165, 1.54) is 0 Å². The van der Waals surface area contributed by atoms with Crippen molar-refractivity contribution in [3.8, 4) is 11.3 Å². The van der Waals surface area contributed by atoms with Gasteiger partial charge in [-0.2, -0.15) is 5.10 Å². The minimum Gasteiger partial charge on any atom is -0.361 e. The second kappa shape index (κ2) is 9.60. The number of likely N-dealkylation sites (tertiary alicyclic amines) is 1. The molecule has 3 heterocycles. The largest absolute Gasteiger partial charge is 0.361 e. The van der Waals surface area contributed by atoms with Gasteiger partial charge in [0.05, 0.1) is 17.9 Å². The molecule has 1 saturated heterocycles. The van der Waals surface area contributed by atoms with Crippen LogP contribution in [0.1, 0.15) is 56.9 Å². The highest BCUT2D eigenvalue weighted by Crippen LogP contribution is 2.30. The van der Waals surface area contributed by atoms with E-state index in [9.17, 15) is 9.59 Å². The van der Waals surface area contributed by atoms with E-state index in [0.29, 0.717) is 18.7 Å². The van der Waals surface area contributed by atoms with Gasteiger partial charge >= 0.3 is 0 Å². The average molecular weight is 450 g/mol. The van der Waals surface area contributed by atoms with E-state index in [-0.39, 0.29) is 23.8 Å². The third-order valence-corrected chi connectivity index (χ3v) is 6.42. The van der Waals surface area contributed by atoms with Crippen molar-refractivity contribution in [3.63, 3.8) is 0 Å². The molecule has 2 aromatic heterocycles. The molecule has 3 atom stereocenters. The molecule has 0 bridgehead atoms. The van der Waals surface area contributed by atoms with Crippen molar-refractivity contribution in [2.75, 3.05) is 6.54 Å². The molecule has 0 saturated carbocycles.